The van der Waals surface area contributed by atoms with Gasteiger partial charge < -0.3 is 15.2 Å². The van der Waals surface area contributed by atoms with Crippen LogP contribution in [0.5, 0.6) is 11.5 Å². The summed E-state index contributed by atoms with van der Waals surface area (Å²) in [6.07, 6.45) is 1.49. The average molecular weight is 264 g/mol. The molecule has 0 aliphatic heterocycles. The van der Waals surface area contributed by atoms with Crippen LogP contribution in [-0.2, 0) is 0 Å². The molecule has 0 unspecified atom stereocenters. The average Bonchev–Trinajstić information content (AvgIpc) is 2.73. The summed E-state index contributed by atoms with van der Waals surface area (Å²) in [7, 11) is 1.51. The fraction of sp³-hybridized carbons (Fsp3) is 0.167. The summed E-state index contributed by atoms with van der Waals surface area (Å²) >= 11 is 1.33. The number of amides is 1. The van der Waals surface area contributed by atoms with Crippen LogP contribution in [0, 0.1) is 6.92 Å². The van der Waals surface area contributed by atoms with Crippen molar-refractivity contribution in [3.05, 3.63) is 34.2 Å². The lowest BCUT2D eigenvalue weighted by Crippen LogP contribution is -2.12. The third kappa shape index (κ3) is 2.43. The van der Waals surface area contributed by atoms with Crippen LogP contribution in [0.2, 0.25) is 0 Å². The molecule has 0 spiro atoms. The molecule has 2 aromatic heterocycles. The van der Waals surface area contributed by atoms with E-state index in [0.717, 1.165) is 4.88 Å². The van der Waals surface area contributed by atoms with Gasteiger partial charge in [-0.15, -0.1) is 11.3 Å². The summed E-state index contributed by atoms with van der Waals surface area (Å²) in [5.74, 6) is 0.234. The van der Waals surface area contributed by atoms with E-state index in [2.05, 4.69) is 10.3 Å². The Hall–Kier alpha value is -2.08. The molecule has 1 amide bonds. The highest BCUT2D eigenvalue weighted by Crippen LogP contribution is 2.30. The number of ether oxygens (including phenoxy) is 1. The van der Waals surface area contributed by atoms with Gasteiger partial charge in [-0.2, -0.15) is 0 Å². The van der Waals surface area contributed by atoms with E-state index in [1.807, 2.05) is 6.92 Å². The molecule has 2 aromatic rings. The van der Waals surface area contributed by atoms with Crippen LogP contribution < -0.4 is 10.1 Å². The van der Waals surface area contributed by atoms with Crippen molar-refractivity contribution >= 4 is 23.1 Å². The van der Waals surface area contributed by atoms with Crippen molar-refractivity contribution in [2.75, 3.05) is 12.4 Å². The summed E-state index contributed by atoms with van der Waals surface area (Å²) < 4.78 is 5.12. The van der Waals surface area contributed by atoms with Gasteiger partial charge in [0.2, 0.25) is 0 Å². The monoisotopic (exact) mass is 264 g/mol. The Morgan fingerprint density at radius 3 is 3.00 bits per heavy atom. The fourth-order valence-corrected chi connectivity index (χ4v) is 2.33. The van der Waals surface area contributed by atoms with Crippen molar-refractivity contribution in [3.63, 3.8) is 0 Å². The van der Waals surface area contributed by atoms with Crippen LogP contribution in [0.4, 0.5) is 5.82 Å². The molecule has 94 valence electrons. The number of nitrogens with zero attached hydrogens (tertiary/aromatic N) is 1. The predicted molar refractivity (Wildman–Crippen MR) is 69.5 cm³/mol. The van der Waals surface area contributed by atoms with Gasteiger partial charge >= 0.3 is 0 Å². The van der Waals surface area contributed by atoms with Crippen molar-refractivity contribution in [1.82, 2.24) is 4.98 Å². The number of aromatic hydroxyl groups is 1. The standard InChI is InChI=1S/C12H12N2O3S/c1-7-6-9(17-2)10(18-7)12(16)14-11-8(15)4-3-5-13-11/h3-6,15H,1-2H3,(H,13,14,16). The Labute approximate surface area is 108 Å². The van der Waals surface area contributed by atoms with Crippen molar-refractivity contribution in [1.29, 1.82) is 0 Å². The number of methoxy groups -OCH3 is 1. The predicted octanol–water partition coefficient (Wildman–Crippen LogP) is 2.42. The van der Waals surface area contributed by atoms with E-state index in [0.29, 0.717) is 10.6 Å². The first-order valence-corrected chi connectivity index (χ1v) is 6.03. The Balaban J connectivity index is 2.25. The highest BCUT2D eigenvalue weighted by Gasteiger charge is 2.17. The third-order valence-corrected chi connectivity index (χ3v) is 3.30. The highest BCUT2D eigenvalue weighted by atomic mass is 32.1. The smallest absolute Gasteiger partial charge is 0.270 e. The van der Waals surface area contributed by atoms with Gasteiger partial charge in [-0.25, -0.2) is 4.98 Å². The number of carbonyl (C=O) groups excluding carboxylic acids is 1. The normalized spacial score (nSPS) is 10.1. The molecule has 0 saturated heterocycles. The molecule has 18 heavy (non-hydrogen) atoms. The van der Waals surface area contributed by atoms with Gasteiger partial charge in [0.25, 0.3) is 5.91 Å². The second-order valence-electron chi connectivity index (χ2n) is 3.58. The lowest BCUT2D eigenvalue weighted by molar-refractivity contribution is 0.102. The van der Waals surface area contributed by atoms with Gasteiger partial charge in [0.05, 0.1) is 7.11 Å². The van der Waals surface area contributed by atoms with Gasteiger partial charge in [0.1, 0.15) is 10.6 Å². The number of carbonyl (C=O) groups is 1. The van der Waals surface area contributed by atoms with Crippen LogP contribution in [0.25, 0.3) is 0 Å². The summed E-state index contributed by atoms with van der Waals surface area (Å²) in [4.78, 5) is 17.3. The number of hydrogen-bond donors (Lipinski definition) is 2. The van der Waals surface area contributed by atoms with E-state index in [-0.39, 0.29) is 17.5 Å². The van der Waals surface area contributed by atoms with E-state index >= 15 is 0 Å². The maximum Gasteiger partial charge on any atom is 0.270 e. The van der Waals surface area contributed by atoms with Gasteiger partial charge in [0.15, 0.2) is 11.6 Å². The van der Waals surface area contributed by atoms with Crippen molar-refractivity contribution in [2.24, 2.45) is 0 Å². The number of nitrogens with one attached hydrogen (secondary N) is 1. The minimum Gasteiger partial charge on any atom is -0.504 e. The second kappa shape index (κ2) is 5.05. The molecule has 0 aromatic carbocycles. The number of aryl methyl sites for hydroxylation is 1. The van der Waals surface area contributed by atoms with Crippen molar-refractivity contribution in [2.45, 2.75) is 6.92 Å². The van der Waals surface area contributed by atoms with Crippen LogP contribution in [0.1, 0.15) is 14.5 Å². The third-order valence-electron chi connectivity index (χ3n) is 2.27. The zero-order valence-electron chi connectivity index (χ0n) is 9.93. The Morgan fingerprint density at radius 2 is 2.33 bits per heavy atom. The van der Waals surface area contributed by atoms with Crippen LogP contribution in [0.15, 0.2) is 24.4 Å². The van der Waals surface area contributed by atoms with Gasteiger partial charge in [-0.05, 0) is 25.1 Å². The van der Waals surface area contributed by atoms with E-state index < -0.39 is 0 Å². The number of anilines is 1. The zero-order chi connectivity index (χ0) is 13.1. The van der Waals surface area contributed by atoms with Crippen molar-refractivity contribution in [3.8, 4) is 11.5 Å². The lowest BCUT2D eigenvalue weighted by atomic mass is 10.3. The van der Waals surface area contributed by atoms with E-state index in [4.69, 9.17) is 4.74 Å². The van der Waals surface area contributed by atoms with Gasteiger partial charge in [-0.3, -0.25) is 4.79 Å². The summed E-state index contributed by atoms with van der Waals surface area (Å²) in [5.41, 5.74) is 0. The molecule has 0 atom stereocenters. The topological polar surface area (TPSA) is 71.5 Å². The molecule has 0 aliphatic carbocycles. The molecular formula is C12H12N2O3S. The number of pyridine rings is 1. The molecule has 0 bridgehead atoms. The van der Waals surface area contributed by atoms with Crippen molar-refractivity contribution < 1.29 is 14.6 Å². The van der Waals surface area contributed by atoms with E-state index in [1.54, 1.807) is 12.1 Å². The molecule has 2 rings (SSSR count). The van der Waals surface area contributed by atoms with Crippen LogP contribution >= 0.6 is 11.3 Å². The molecule has 2 N–H and O–H groups in total. The Bertz CT molecular complexity index is 580. The molecule has 0 fully saturated rings. The molecule has 0 aliphatic rings. The number of thiophene rings is 1. The number of hydrogen-bond acceptors (Lipinski definition) is 5. The van der Waals surface area contributed by atoms with Crippen LogP contribution in [0.3, 0.4) is 0 Å². The quantitative estimate of drug-likeness (QED) is 0.893. The van der Waals surface area contributed by atoms with Gasteiger partial charge in [-0.1, -0.05) is 0 Å². The van der Waals surface area contributed by atoms with E-state index in [9.17, 15) is 9.90 Å². The largest absolute Gasteiger partial charge is 0.504 e. The molecule has 5 nitrogen and oxygen atoms in total. The lowest BCUT2D eigenvalue weighted by Gasteiger charge is -2.05. The summed E-state index contributed by atoms with van der Waals surface area (Å²) in [6.45, 7) is 1.89. The zero-order valence-corrected chi connectivity index (χ0v) is 10.7. The van der Waals surface area contributed by atoms with Gasteiger partial charge in [0, 0.05) is 11.1 Å². The minimum absolute atomic E-state index is 0.0712. The highest BCUT2D eigenvalue weighted by molar-refractivity contribution is 7.14. The van der Waals surface area contributed by atoms with E-state index in [1.165, 1.54) is 30.7 Å². The molecular weight excluding hydrogens is 252 g/mol. The molecule has 2 heterocycles. The molecule has 0 radical (unpaired) electrons. The fourth-order valence-electron chi connectivity index (χ4n) is 1.46. The molecule has 0 saturated carbocycles. The Kier molecular flexibility index (Phi) is 3.47. The second-order valence-corrected chi connectivity index (χ2v) is 4.84. The maximum absolute atomic E-state index is 12.0. The first-order valence-electron chi connectivity index (χ1n) is 5.21. The maximum atomic E-state index is 12.0. The number of rotatable bonds is 3. The first-order chi connectivity index (χ1) is 8.61. The summed E-state index contributed by atoms with van der Waals surface area (Å²) in [6, 6.07) is 4.83. The SMILES string of the molecule is COc1cc(C)sc1C(=O)Nc1ncccc1O. The number of aromatic nitrogens is 1. The molecule has 6 heteroatoms. The minimum atomic E-state index is -0.348. The first kappa shape index (κ1) is 12.4. The van der Waals surface area contributed by atoms with Crippen LogP contribution in [-0.4, -0.2) is 23.1 Å². The summed E-state index contributed by atoms with van der Waals surface area (Å²) in [5, 5.41) is 12.1. The Morgan fingerprint density at radius 1 is 1.56 bits per heavy atom.